The summed E-state index contributed by atoms with van der Waals surface area (Å²) in [5.74, 6) is 0.0318. The second kappa shape index (κ2) is 6.90. The third kappa shape index (κ3) is 4.64. The lowest BCUT2D eigenvalue weighted by atomic mass is 9.90. The van der Waals surface area contributed by atoms with Gasteiger partial charge < -0.3 is 21.5 Å². The molecule has 1 heterocycles. The first-order valence-electron chi connectivity index (χ1n) is 6.67. The van der Waals surface area contributed by atoms with Crippen LogP contribution in [-0.2, 0) is 0 Å². The normalized spacial score (nSPS) is 11.7. The molecular weight excluding hydrogens is 276 g/mol. The molecule has 0 fully saturated rings. The van der Waals surface area contributed by atoms with Gasteiger partial charge in [0.2, 0.25) is 0 Å². The number of nitrogens with two attached hydrogens (primary N) is 1. The fraction of sp³-hybridized carbons (Fsp3) is 0.692. The van der Waals surface area contributed by atoms with Crippen molar-refractivity contribution >= 4 is 28.3 Å². The molecule has 1 aromatic rings. The topological polar surface area (TPSA) is 100 Å². The fourth-order valence-corrected chi connectivity index (χ4v) is 2.39. The molecule has 0 unspecified atom stereocenters. The summed E-state index contributed by atoms with van der Waals surface area (Å²) in [7, 11) is 0. The largest absolute Gasteiger partial charge is 0.396 e. The first-order valence-corrected chi connectivity index (χ1v) is 7.45. The second-order valence-corrected chi connectivity index (χ2v) is 6.66. The van der Waals surface area contributed by atoms with E-state index in [0.717, 1.165) is 0 Å². The third-order valence-corrected chi connectivity index (χ3v) is 3.70. The quantitative estimate of drug-likeness (QED) is 0.614. The number of amides is 1. The van der Waals surface area contributed by atoms with Gasteiger partial charge in [-0.15, -0.1) is 0 Å². The third-order valence-electron chi connectivity index (χ3n) is 2.88. The van der Waals surface area contributed by atoms with E-state index in [-0.39, 0.29) is 29.8 Å². The molecule has 0 aliphatic heterocycles. The Morgan fingerprint density at radius 2 is 2.15 bits per heavy atom. The standard InChI is InChI=1S/C13H24N4O2S/c1-8(2)16-11(19)9-10(14)17-20-12(9)15-7-13(3,4)5-6-18/h8,15,18H,5-7H2,1-4H3,(H2,14,17)(H,16,19). The minimum absolute atomic E-state index is 0.0421. The molecule has 0 aliphatic carbocycles. The van der Waals surface area contributed by atoms with Gasteiger partial charge >= 0.3 is 0 Å². The van der Waals surface area contributed by atoms with E-state index in [1.165, 1.54) is 11.5 Å². The summed E-state index contributed by atoms with van der Waals surface area (Å²) in [4.78, 5) is 12.1. The van der Waals surface area contributed by atoms with Crippen molar-refractivity contribution in [2.45, 2.75) is 40.2 Å². The maximum absolute atomic E-state index is 12.1. The lowest BCUT2D eigenvalue weighted by Crippen LogP contribution is -2.31. The van der Waals surface area contributed by atoms with Crippen molar-refractivity contribution in [1.82, 2.24) is 9.69 Å². The Balaban J connectivity index is 2.79. The molecule has 0 aliphatic rings. The summed E-state index contributed by atoms with van der Waals surface area (Å²) in [6, 6.07) is 0.0421. The Labute approximate surface area is 123 Å². The van der Waals surface area contributed by atoms with Gasteiger partial charge in [-0.1, -0.05) is 13.8 Å². The molecule has 114 valence electrons. The minimum atomic E-state index is -0.214. The fourth-order valence-electron chi connectivity index (χ4n) is 1.69. The van der Waals surface area contributed by atoms with Crippen LogP contribution >= 0.6 is 11.5 Å². The first kappa shape index (κ1) is 16.7. The SMILES string of the molecule is CC(C)NC(=O)c1c(N)nsc1NCC(C)(C)CCO. The van der Waals surface area contributed by atoms with Crippen molar-refractivity contribution in [3.8, 4) is 0 Å². The number of nitrogens with zero attached hydrogens (tertiary/aromatic N) is 1. The summed E-state index contributed by atoms with van der Waals surface area (Å²) in [6.07, 6.45) is 0.682. The van der Waals surface area contributed by atoms with Crippen LogP contribution in [0.15, 0.2) is 0 Å². The highest BCUT2D eigenvalue weighted by atomic mass is 32.1. The lowest BCUT2D eigenvalue weighted by molar-refractivity contribution is 0.0945. The average Bonchev–Trinajstić information content (AvgIpc) is 2.67. The van der Waals surface area contributed by atoms with Gasteiger partial charge in [-0.2, -0.15) is 4.37 Å². The Hall–Kier alpha value is -1.34. The highest BCUT2D eigenvalue weighted by molar-refractivity contribution is 7.11. The molecule has 1 aromatic heterocycles. The van der Waals surface area contributed by atoms with E-state index in [0.29, 0.717) is 23.5 Å². The Morgan fingerprint density at radius 1 is 1.50 bits per heavy atom. The number of anilines is 2. The number of aliphatic hydroxyl groups is 1. The summed E-state index contributed by atoms with van der Waals surface area (Å²) in [5, 5.41) is 15.7. The van der Waals surface area contributed by atoms with E-state index < -0.39 is 0 Å². The van der Waals surface area contributed by atoms with Crippen LogP contribution in [0, 0.1) is 5.41 Å². The van der Waals surface area contributed by atoms with Crippen molar-refractivity contribution in [3.63, 3.8) is 0 Å². The monoisotopic (exact) mass is 300 g/mol. The average molecular weight is 300 g/mol. The molecule has 1 rings (SSSR count). The lowest BCUT2D eigenvalue weighted by Gasteiger charge is -2.24. The van der Waals surface area contributed by atoms with Crippen LogP contribution in [-0.4, -0.2) is 34.6 Å². The molecule has 0 aromatic carbocycles. The van der Waals surface area contributed by atoms with Gasteiger partial charge in [0, 0.05) is 19.2 Å². The zero-order chi connectivity index (χ0) is 15.3. The Bertz CT molecular complexity index is 457. The molecule has 0 radical (unpaired) electrons. The maximum atomic E-state index is 12.1. The molecule has 1 amide bonds. The van der Waals surface area contributed by atoms with Gasteiger partial charge in [0.1, 0.15) is 10.6 Å². The molecule has 0 saturated carbocycles. The van der Waals surface area contributed by atoms with Crippen LogP contribution in [0.3, 0.4) is 0 Å². The van der Waals surface area contributed by atoms with Crippen molar-refractivity contribution in [3.05, 3.63) is 5.56 Å². The predicted molar refractivity (Wildman–Crippen MR) is 83.1 cm³/mol. The number of aliphatic hydroxyl groups excluding tert-OH is 1. The number of aromatic nitrogens is 1. The molecular formula is C13H24N4O2S. The number of carbonyl (C=O) groups is 1. The van der Waals surface area contributed by atoms with Crippen molar-refractivity contribution < 1.29 is 9.90 Å². The van der Waals surface area contributed by atoms with Crippen LogP contribution in [0.5, 0.6) is 0 Å². The Kier molecular flexibility index (Phi) is 5.76. The van der Waals surface area contributed by atoms with Gasteiger partial charge in [0.15, 0.2) is 5.82 Å². The van der Waals surface area contributed by atoms with Gasteiger partial charge in [0.05, 0.1) is 0 Å². The number of rotatable bonds is 7. The van der Waals surface area contributed by atoms with Crippen LogP contribution in [0.4, 0.5) is 10.8 Å². The van der Waals surface area contributed by atoms with E-state index in [4.69, 9.17) is 10.8 Å². The first-order chi connectivity index (χ1) is 9.26. The molecule has 0 bridgehead atoms. The smallest absolute Gasteiger partial charge is 0.258 e. The van der Waals surface area contributed by atoms with Gasteiger partial charge in [-0.25, -0.2) is 0 Å². The van der Waals surface area contributed by atoms with E-state index in [9.17, 15) is 4.79 Å². The van der Waals surface area contributed by atoms with E-state index in [1.807, 2.05) is 13.8 Å². The van der Waals surface area contributed by atoms with Crippen LogP contribution in [0.25, 0.3) is 0 Å². The zero-order valence-corrected chi connectivity index (χ0v) is 13.3. The number of nitrogen functional groups attached to an aromatic ring is 1. The van der Waals surface area contributed by atoms with Crippen LogP contribution in [0.1, 0.15) is 44.5 Å². The number of hydrogen-bond acceptors (Lipinski definition) is 6. The van der Waals surface area contributed by atoms with Crippen molar-refractivity contribution in [2.24, 2.45) is 5.41 Å². The summed E-state index contributed by atoms with van der Waals surface area (Å²) in [5.41, 5.74) is 6.11. The van der Waals surface area contributed by atoms with E-state index in [2.05, 4.69) is 28.9 Å². The minimum Gasteiger partial charge on any atom is -0.396 e. The summed E-state index contributed by atoms with van der Waals surface area (Å²) < 4.78 is 4.04. The zero-order valence-electron chi connectivity index (χ0n) is 12.5. The summed E-state index contributed by atoms with van der Waals surface area (Å²) >= 11 is 1.18. The van der Waals surface area contributed by atoms with Gasteiger partial charge in [-0.3, -0.25) is 4.79 Å². The number of carbonyl (C=O) groups excluding carboxylic acids is 1. The van der Waals surface area contributed by atoms with Crippen LogP contribution < -0.4 is 16.4 Å². The number of hydrogen-bond donors (Lipinski definition) is 4. The molecule has 0 saturated heterocycles. The maximum Gasteiger partial charge on any atom is 0.258 e. The highest BCUT2D eigenvalue weighted by Crippen LogP contribution is 2.29. The highest BCUT2D eigenvalue weighted by Gasteiger charge is 2.22. The second-order valence-electron chi connectivity index (χ2n) is 5.89. The van der Waals surface area contributed by atoms with E-state index >= 15 is 0 Å². The van der Waals surface area contributed by atoms with E-state index in [1.54, 1.807) is 0 Å². The van der Waals surface area contributed by atoms with Gasteiger partial charge in [-0.05, 0) is 37.2 Å². The predicted octanol–water partition coefficient (Wildman–Crippen LogP) is 1.68. The summed E-state index contributed by atoms with van der Waals surface area (Å²) in [6.45, 7) is 8.66. The van der Waals surface area contributed by atoms with Crippen molar-refractivity contribution in [2.75, 3.05) is 24.2 Å². The molecule has 6 nitrogen and oxygen atoms in total. The molecule has 5 N–H and O–H groups in total. The number of nitrogens with one attached hydrogen (secondary N) is 2. The molecule has 7 heteroatoms. The molecule has 20 heavy (non-hydrogen) atoms. The molecule has 0 spiro atoms. The molecule has 0 atom stereocenters. The Morgan fingerprint density at radius 3 is 2.70 bits per heavy atom. The van der Waals surface area contributed by atoms with Gasteiger partial charge in [0.25, 0.3) is 5.91 Å². The van der Waals surface area contributed by atoms with Crippen LogP contribution in [0.2, 0.25) is 0 Å². The van der Waals surface area contributed by atoms with Crippen molar-refractivity contribution in [1.29, 1.82) is 0 Å².